The Kier molecular flexibility index (Phi) is 6.20. The molecule has 3 aliphatic rings. The zero-order valence-electron chi connectivity index (χ0n) is 20.6. The molecular formula is C26H26FN5O6. The van der Waals surface area contributed by atoms with E-state index in [0.29, 0.717) is 48.2 Å². The van der Waals surface area contributed by atoms with Gasteiger partial charge in [-0.15, -0.1) is 0 Å². The van der Waals surface area contributed by atoms with Gasteiger partial charge in [0, 0.05) is 42.9 Å². The van der Waals surface area contributed by atoms with Crippen molar-refractivity contribution in [3.05, 3.63) is 47.9 Å². The van der Waals surface area contributed by atoms with Crippen molar-refractivity contribution in [2.24, 2.45) is 5.92 Å². The van der Waals surface area contributed by atoms with Gasteiger partial charge < -0.3 is 24.6 Å². The molecule has 3 aromatic rings. The number of hydrogen-bond donors (Lipinski definition) is 2. The van der Waals surface area contributed by atoms with E-state index in [4.69, 9.17) is 14.2 Å². The molecule has 11 nitrogen and oxygen atoms in total. The molecule has 1 aromatic carbocycles. The number of aliphatic hydroxyl groups is 1. The fourth-order valence-corrected chi connectivity index (χ4v) is 5.30. The van der Waals surface area contributed by atoms with E-state index in [-0.39, 0.29) is 42.2 Å². The van der Waals surface area contributed by atoms with E-state index >= 15 is 0 Å². The second-order valence-corrected chi connectivity index (χ2v) is 9.62. The van der Waals surface area contributed by atoms with E-state index in [1.807, 2.05) is 4.90 Å². The third kappa shape index (κ3) is 4.45. The normalized spacial score (nSPS) is 22.1. The molecule has 3 atom stereocenters. The Bertz CT molecular complexity index is 1420. The number of carbonyl (C=O) groups excluding carboxylic acids is 2. The Morgan fingerprint density at radius 3 is 2.97 bits per heavy atom. The summed E-state index contributed by atoms with van der Waals surface area (Å²) in [5.74, 6) is 0.0293. The van der Waals surface area contributed by atoms with Gasteiger partial charge in [0.2, 0.25) is 5.88 Å². The monoisotopic (exact) mass is 523 g/mol. The fourth-order valence-electron chi connectivity index (χ4n) is 5.30. The van der Waals surface area contributed by atoms with Crippen LogP contribution in [0.15, 0.2) is 36.5 Å². The predicted molar refractivity (Wildman–Crippen MR) is 134 cm³/mol. The summed E-state index contributed by atoms with van der Waals surface area (Å²) in [6.45, 7) is 1.61. The number of piperidine rings is 1. The minimum absolute atomic E-state index is 0.0399. The summed E-state index contributed by atoms with van der Waals surface area (Å²) in [5, 5.41) is 13.8. The van der Waals surface area contributed by atoms with Crippen LogP contribution in [0, 0.1) is 11.7 Å². The van der Waals surface area contributed by atoms with Gasteiger partial charge in [-0.05, 0) is 37.2 Å². The van der Waals surface area contributed by atoms with E-state index in [0.717, 1.165) is 12.6 Å². The number of anilines is 2. The molecule has 0 spiro atoms. The number of nitrogens with zero attached hydrogens (tertiary/aromatic N) is 4. The molecule has 2 aromatic heterocycles. The van der Waals surface area contributed by atoms with Gasteiger partial charge in [0.15, 0.2) is 6.61 Å². The van der Waals surface area contributed by atoms with Crippen LogP contribution in [-0.4, -0.2) is 78.0 Å². The number of benzene rings is 1. The molecule has 3 aliphatic heterocycles. The number of fused-ring (bicyclic) bond motifs is 3. The van der Waals surface area contributed by atoms with E-state index in [1.165, 1.54) is 7.11 Å². The molecular weight excluding hydrogens is 497 g/mol. The molecule has 6 rings (SSSR count). The third-order valence-corrected chi connectivity index (χ3v) is 7.23. The number of aromatic nitrogens is 2. The molecule has 3 unspecified atom stereocenters. The van der Waals surface area contributed by atoms with Crippen LogP contribution < -0.4 is 19.7 Å². The first kappa shape index (κ1) is 24.3. The van der Waals surface area contributed by atoms with Crippen LogP contribution in [0.1, 0.15) is 18.1 Å². The second-order valence-electron chi connectivity index (χ2n) is 9.62. The number of likely N-dealkylation sites (tertiary alicyclic amines) is 1. The van der Waals surface area contributed by atoms with Crippen molar-refractivity contribution in [2.45, 2.75) is 18.6 Å². The number of rotatable bonds is 5. The topological polar surface area (TPSA) is 126 Å². The van der Waals surface area contributed by atoms with Gasteiger partial charge in [-0.2, -0.15) is 0 Å². The van der Waals surface area contributed by atoms with Crippen molar-refractivity contribution >= 4 is 34.4 Å². The van der Waals surface area contributed by atoms with E-state index in [9.17, 15) is 19.1 Å². The smallest absolute Gasteiger partial charge is 0.414 e. The van der Waals surface area contributed by atoms with Gasteiger partial charge in [0.05, 0.1) is 30.6 Å². The zero-order chi connectivity index (χ0) is 26.4. The Morgan fingerprint density at radius 2 is 2.13 bits per heavy atom. The average molecular weight is 524 g/mol. The number of nitrogens with one attached hydrogen (secondary N) is 1. The van der Waals surface area contributed by atoms with Crippen molar-refractivity contribution < 1.29 is 33.3 Å². The molecule has 2 amide bonds. The number of ether oxygens (including phenoxy) is 3. The van der Waals surface area contributed by atoms with Crippen LogP contribution in [-0.2, 0) is 9.53 Å². The lowest BCUT2D eigenvalue weighted by Crippen LogP contribution is -2.56. The lowest BCUT2D eigenvalue weighted by molar-refractivity contribution is -0.118. The van der Waals surface area contributed by atoms with Gasteiger partial charge in [-0.25, -0.2) is 14.2 Å². The molecule has 198 valence electrons. The number of amides is 2. The first-order valence-electron chi connectivity index (χ1n) is 12.3. The molecule has 2 fully saturated rings. The van der Waals surface area contributed by atoms with Crippen molar-refractivity contribution in [1.82, 2.24) is 14.9 Å². The van der Waals surface area contributed by atoms with Crippen LogP contribution in [0.25, 0.3) is 11.0 Å². The van der Waals surface area contributed by atoms with Crippen molar-refractivity contribution in [3.8, 4) is 11.6 Å². The SMILES string of the molecule is COc1ccc2ncc(F)c(C(O)CN3CCC4CN(c5ccc6c(c5)NC(=O)CO6)C(=O)OC4C3)c2n1. The van der Waals surface area contributed by atoms with Crippen LogP contribution in [0.4, 0.5) is 20.6 Å². The first-order chi connectivity index (χ1) is 18.4. The summed E-state index contributed by atoms with van der Waals surface area (Å²) in [7, 11) is 1.46. The number of pyridine rings is 2. The van der Waals surface area contributed by atoms with Crippen LogP contribution in [0.3, 0.4) is 0 Å². The minimum atomic E-state index is -1.17. The van der Waals surface area contributed by atoms with E-state index < -0.39 is 18.0 Å². The summed E-state index contributed by atoms with van der Waals surface area (Å²) >= 11 is 0. The van der Waals surface area contributed by atoms with Gasteiger partial charge in [0.25, 0.3) is 5.91 Å². The first-order valence-corrected chi connectivity index (χ1v) is 12.3. The van der Waals surface area contributed by atoms with Crippen molar-refractivity contribution in [2.75, 3.05) is 50.1 Å². The van der Waals surface area contributed by atoms with Gasteiger partial charge >= 0.3 is 6.09 Å². The van der Waals surface area contributed by atoms with Crippen molar-refractivity contribution in [1.29, 1.82) is 0 Å². The van der Waals surface area contributed by atoms with E-state index in [2.05, 4.69) is 15.3 Å². The highest BCUT2D eigenvalue weighted by molar-refractivity contribution is 5.97. The predicted octanol–water partition coefficient (Wildman–Crippen LogP) is 2.49. The molecule has 38 heavy (non-hydrogen) atoms. The van der Waals surface area contributed by atoms with Gasteiger partial charge in [-0.3, -0.25) is 19.6 Å². The summed E-state index contributed by atoms with van der Waals surface area (Å²) in [6, 6.07) is 8.48. The Morgan fingerprint density at radius 1 is 1.26 bits per heavy atom. The van der Waals surface area contributed by atoms with Crippen LogP contribution in [0.2, 0.25) is 0 Å². The summed E-state index contributed by atoms with van der Waals surface area (Å²) in [5.41, 5.74) is 1.89. The standard InChI is InChI=1S/C26H26FN5O6/c1-36-23-5-3-17-25(30-23)24(16(27)9-28-17)19(33)11-31-7-6-14-10-32(26(35)38-21(14)12-31)15-2-4-20-18(8-15)29-22(34)13-37-20/h2-5,8-9,14,19,21,33H,6-7,10-13H2,1H3,(H,29,34). The summed E-state index contributed by atoms with van der Waals surface area (Å²) in [4.78, 5) is 36.5. The van der Waals surface area contributed by atoms with Crippen LogP contribution >= 0.6 is 0 Å². The number of halogens is 1. The summed E-state index contributed by atoms with van der Waals surface area (Å²) in [6.07, 6.45) is -0.216. The molecule has 0 aliphatic carbocycles. The Hall–Kier alpha value is -4.03. The third-order valence-electron chi connectivity index (χ3n) is 7.23. The van der Waals surface area contributed by atoms with Gasteiger partial charge in [0.1, 0.15) is 23.2 Å². The highest BCUT2D eigenvalue weighted by atomic mass is 19.1. The fraction of sp³-hybridized carbons (Fsp3) is 0.385. The molecule has 12 heteroatoms. The highest BCUT2D eigenvalue weighted by Crippen LogP contribution is 2.36. The molecule has 0 saturated carbocycles. The molecule has 2 saturated heterocycles. The Balaban J connectivity index is 1.14. The maximum atomic E-state index is 14.8. The van der Waals surface area contributed by atoms with Crippen molar-refractivity contribution in [3.63, 3.8) is 0 Å². The number of hydrogen-bond acceptors (Lipinski definition) is 9. The van der Waals surface area contributed by atoms with Gasteiger partial charge in [-0.1, -0.05) is 0 Å². The molecule has 0 bridgehead atoms. The number of carbonyl (C=O) groups is 2. The largest absolute Gasteiger partial charge is 0.482 e. The molecule has 2 N–H and O–H groups in total. The zero-order valence-corrected chi connectivity index (χ0v) is 20.6. The van der Waals surface area contributed by atoms with Crippen LogP contribution in [0.5, 0.6) is 11.6 Å². The molecule has 5 heterocycles. The second kappa shape index (κ2) is 9.69. The maximum absolute atomic E-state index is 14.8. The summed E-state index contributed by atoms with van der Waals surface area (Å²) < 4.78 is 31.1. The average Bonchev–Trinajstić information content (AvgIpc) is 2.91. The molecule has 0 radical (unpaired) electrons. The number of aliphatic hydroxyl groups excluding tert-OH is 1. The minimum Gasteiger partial charge on any atom is -0.482 e. The number of methoxy groups -OCH3 is 1. The lowest BCUT2D eigenvalue weighted by atomic mass is 9.91. The highest BCUT2D eigenvalue weighted by Gasteiger charge is 2.40. The lowest BCUT2D eigenvalue weighted by Gasteiger charge is -2.44. The quantitative estimate of drug-likeness (QED) is 0.519. The van der Waals surface area contributed by atoms with E-state index in [1.54, 1.807) is 35.2 Å². The Labute approximate surface area is 217 Å². The number of β-amino-alcohol motifs (C(OH)–C–C–N with tert-alkyl or cyclic N) is 1. The maximum Gasteiger partial charge on any atom is 0.414 e.